The molecule has 184 valence electrons. The number of likely N-dealkylation sites (tertiary alicyclic amines) is 1. The van der Waals surface area contributed by atoms with Gasteiger partial charge in [0.25, 0.3) is 5.91 Å². The molecule has 2 N–H and O–H groups in total. The lowest BCUT2D eigenvalue weighted by Gasteiger charge is -2.52. The van der Waals surface area contributed by atoms with E-state index in [9.17, 15) is 18.0 Å². The van der Waals surface area contributed by atoms with Crippen LogP contribution >= 0.6 is 0 Å². The Morgan fingerprint density at radius 3 is 2.75 bits per heavy atom. The van der Waals surface area contributed by atoms with Crippen molar-refractivity contribution in [2.75, 3.05) is 12.3 Å². The third-order valence-electron chi connectivity index (χ3n) is 7.92. The number of nitrogens with two attached hydrogens (primary N) is 1. The van der Waals surface area contributed by atoms with Gasteiger partial charge in [0.2, 0.25) is 0 Å². The van der Waals surface area contributed by atoms with Crippen LogP contribution in [0.15, 0.2) is 43.0 Å². The van der Waals surface area contributed by atoms with Gasteiger partial charge < -0.3 is 15.4 Å². The molecule has 3 aromatic heterocycles. The Morgan fingerprint density at radius 1 is 1.17 bits per heavy atom. The number of nitrogen functional groups attached to an aromatic ring is 1. The highest BCUT2D eigenvalue weighted by Crippen LogP contribution is 2.56. The van der Waals surface area contributed by atoms with Gasteiger partial charge in [0.1, 0.15) is 34.4 Å². The topological polar surface area (TPSA) is 98.6 Å². The third kappa shape index (κ3) is 3.01. The second-order valence-electron chi connectivity index (χ2n) is 10.0. The Bertz CT molecular complexity index is 1560. The van der Waals surface area contributed by atoms with Gasteiger partial charge in [-0.15, -0.1) is 0 Å². The van der Waals surface area contributed by atoms with Gasteiger partial charge in [-0.2, -0.15) is 13.2 Å². The van der Waals surface area contributed by atoms with Crippen molar-refractivity contribution in [1.82, 2.24) is 24.3 Å². The minimum Gasteiger partial charge on any atom is -0.488 e. The molecule has 36 heavy (non-hydrogen) atoms. The lowest BCUT2D eigenvalue weighted by Crippen LogP contribution is -2.55. The van der Waals surface area contributed by atoms with Crippen LogP contribution in [0, 0.1) is 5.41 Å². The van der Waals surface area contributed by atoms with Crippen LogP contribution in [0.4, 0.5) is 19.0 Å². The smallest absolute Gasteiger partial charge is 0.416 e. The summed E-state index contributed by atoms with van der Waals surface area (Å²) in [6.07, 6.45) is 3.52. The maximum atomic E-state index is 13.9. The van der Waals surface area contributed by atoms with E-state index in [1.54, 1.807) is 27.9 Å². The number of fused-ring (bicyclic) bond motifs is 6. The van der Waals surface area contributed by atoms with Crippen LogP contribution in [0.25, 0.3) is 16.6 Å². The summed E-state index contributed by atoms with van der Waals surface area (Å²) in [5, 5.41) is 0. The van der Waals surface area contributed by atoms with Crippen molar-refractivity contribution >= 4 is 28.3 Å². The first-order chi connectivity index (χ1) is 17.2. The van der Waals surface area contributed by atoms with Crippen molar-refractivity contribution in [3.05, 3.63) is 59.8 Å². The Hall–Kier alpha value is -3.89. The fourth-order valence-electron chi connectivity index (χ4n) is 6.04. The number of rotatable bonds is 1. The van der Waals surface area contributed by atoms with E-state index in [1.807, 2.05) is 0 Å². The first-order valence-corrected chi connectivity index (χ1v) is 11.8. The molecular weight excluding hydrogens is 473 g/mol. The molecule has 1 aromatic carbocycles. The van der Waals surface area contributed by atoms with E-state index in [1.165, 1.54) is 12.3 Å². The molecule has 7 rings (SSSR count). The van der Waals surface area contributed by atoms with Gasteiger partial charge in [-0.05, 0) is 42.9 Å². The number of halogens is 3. The summed E-state index contributed by atoms with van der Waals surface area (Å²) >= 11 is 0. The number of piperidine rings is 1. The van der Waals surface area contributed by atoms with E-state index in [4.69, 9.17) is 10.5 Å². The highest BCUT2D eigenvalue weighted by atomic mass is 19.4. The summed E-state index contributed by atoms with van der Waals surface area (Å²) in [5.74, 6) is 0.212. The molecule has 2 atom stereocenters. The number of carbonyl (C=O) groups is 1. The number of pyridine rings is 1. The third-order valence-corrected chi connectivity index (χ3v) is 7.92. The van der Waals surface area contributed by atoms with E-state index in [0.29, 0.717) is 40.9 Å². The maximum Gasteiger partial charge on any atom is 0.416 e. The van der Waals surface area contributed by atoms with E-state index in [0.717, 1.165) is 31.4 Å². The predicted molar refractivity (Wildman–Crippen MR) is 123 cm³/mol. The lowest BCUT2D eigenvalue weighted by molar-refractivity contribution is -0.137. The zero-order valence-electron chi connectivity index (χ0n) is 19.0. The van der Waals surface area contributed by atoms with Gasteiger partial charge in [0.15, 0.2) is 0 Å². The summed E-state index contributed by atoms with van der Waals surface area (Å²) in [6.45, 7) is 0.511. The Balaban J connectivity index is 1.32. The molecule has 11 heteroatoms. The maximum absolute atomic E-state index is 13.9. The Labute approximate surface area is 202 Å². The van der Waals surface area contributed by atoms with Crippen LogP contribution < -0.4 is 10.5 Å². The molecule has 2 fully saturated rings. The number of ether oxygens (including phenoxy) is 1. The van der Waals surface area contributed by atoms with Gasteiger partial charge in [-0.1, -0.05) is 12.5 Å². The molecule has 2 aliphatic heterocycles. The normalized spacial score (nSPS) is 22.4. The van der Waals surface area contributed by atoms with Gasteiger partial charge in [0.05, 0.1) is 35.8 Å². The quantitative estimate of drug-likeness (QED) is 0.421. The van der Waals surface area contributed by atoms with Crippen LogP contribution in [-0.2, 0) is 6.18 Å². The number of amides is 1. The highest BCUT2D eigenvalue weighted by molar-refractivity contribution is 5.96. The summed E-state index contributed by atoms with van der Waals surface area (Å²) < 4.78 is 47.8. The van der Waals surface area contributed by atoms with E-state index < -0.39 is 23.9 Å². The fourth-order valence-corrected chi connectivity index (χ4v) is 6.04. The molecule has 1 aliphatic carbocycles. The van der Waals surface area contributed by atoms with Crippen molar-refractivity contribution in [3.63, 3.8) is 0 Å². The van der Waals surface area contributed by atoms with Crippen LogP contribution in [0.3, 0.4) is 0 Å². The van der Waals surface area contributed by atoms with Gasteiger partial charge in [0, 0.05) is 12.1 Å². The monoisotopic (exact) mass is 494 g/mol. The highest BCUT2D eigenvalue weighted by Gasteiger charge is 2.54. The number of anilines is 1. The summed E-state index contributed by atoms with van der Waals surface area (Å²) in [4.78, 5) is 28.6. The number of aromatic nitrogens is 4. The lowest BCUT2D eigenvalue weighted by atomic mass is 9.62. The van der Waals surface area contributed by atoms with Gasteiger partial charge in [-0.25, -0.2) is 15.0 Å². The van der Waals surface area contributed by atoms with Crippen molar-refractivity contribution in [1.29, 1.82) is 0 Å². The molecule has 3 aliphatic rings. The van der Waals surface area contributed by atoms with Crippen LogP contribution in [0.5, 0.6) is 5.75 Å². The number of nitrogens with zero attached hydrogens (tertiary/aromatic N) is 5. The summed E-state index contributed by atoms with van der Waals surface area (Å²) in [5.41, 5.74) is 7.77. The van der Waals surface area contributed by atoms with E-state index in [2.05, 4.69) is 15.0 Å². The molecule has 1 saturated carbocycles. The molecule has 8 nitrogen and oxygen atoms in total. The van der Waals surface area contributed by atoms with Crippen molar-refractivity contribution in [2.45, 2.75) is 44.0 Å². The summed E-state index contributed by atoms with van der Waals surface area (Å²) in [6, 6.07) is 4.73. The number of hydrogen-bond donors (Lipinski definition) is 1. The van der Waals surface area contributed by atoms with Gasteiger partial charge in [-0.3, -0.25) is 9.20 Å². The van der Waals surface area contributed by atoms with Crippen LogP contribution in [0.2, 0.25) is 0 Å². The number of alkyl halides is 3. The largest absolute Gasteiger partial charge is 0.488 e. The standard InChI is InChI=1S/C25H21F3N6O2/c26-25(27,28)13-2-3-14-19(6-13)36-20-8-24(4-1-5-24)11-33(21(14)20)23(35)15-7-17-16(9-31-15)32-22(29)18-10-30-12-34(17)18/h2-3,6-7,9-10,12,20-21H,1,4-5,8,11H2,(H2,29,32)/t20-,21-/m0/s1. The second-order valence-corrected chi connectivity index (χ2v) is 10.0. The molecule has 1 amide bonds. The van der Waals surface area contributed by atoms with Crippen molar-refractivity contribution in [3.8, 4) is 5.75 Å². The molecule has 1 saturated heterocycles. The first-order valence-electron chi connectivity index (χ1n) is 11.8. The molecule has 5 heterocycles. The zero-order valence-corrected chi connectivity index (χ0v) is 19.0. The first kappa shape index (κ1) is 21.4. The molecule has 0 bridgehead atoms. The molecular formula is C25H21F3N6O2. The molecule has 1 spiro atoms. The second kappa shape index (κ2) is 7.08. The minimum atomic E-state index is -4.47. The summed E-state index contributed by atoms with van der Waals surface area (Å²) in [7, 11) is 0. The predicted octanol–water partition coefficient (Wildman–Crippen LogP) is 4.40. The Kier molecular flexibility index (Phi) is 4.21. The van der Waals surface area contributed by atoms with Crippen LogP contribution in [-0.4, -0.2) is 42.8 Å². The van der Waals surface area contributed by atoms with E-state index >= 15 is 0 Å². The minimum absolute atomic E-state index is 0.0871. The fraction of sp³-hybridized carbons (Fsp3) is 0.360. The molecule has 0 unspecified atom stereocenters. The van der Waals surface area contributed by atoms with Crippen molar-refractivity contribution < 1.29 is 22.7 Å². The molecule has 4 aromatic rings. The van der Waals surface area contributed by atoms with Crippen molar-refractivity contribution in [2.24, 2.45) is 5.41 Å². The number of hydrogen-bond acceptors (Lipinski definition) is 6. The average Bonchev–Trinajstić information content (AvgIpc) is 3.46. The number of imidazole rings is 1. The van der Waals surface area contributed by atoms with E-state index in [-0.39, 0.29) is 22.8 Å². The zero-order chi connectivity index (χ0) is 24.8. The number of carbonyl (C=O) groups excluding carboxylic acids is 1. The Morgan fingerprint density at radius 2 is 2.00 bits per heavy atom. The van der Waals surface area contributed by atoms with Crippen LogP contribution in [0.1, 0.15) is 53.3 Å². The molecule has 0 radical (unpaired) electrons. The SMILES string of the molecule is Nc1nc2cnc(C(=O)N3CC4(CCC4)C[C@@H]4Oc5cc(C(F)(F)F)ccc5[C@@H]43)cc2n2cncc12. The van der Waals surface area contributed by atoms with Gasteiger partial charge >= 0.3 is 6.18 Å². The number of benzene rings is 1. The average molecular weight is 494 g/mol.